The van der Waals surface area contributed by atoms with Gasteiger partial charge in [0.05, 0.1) is 5.33 Å². The predicted molar refractivity (Wildman–Crippen MR) is 130 cm³/mol. The Bertz CT molecular complexity index is 606. The topological polar surface area (TPSA) is 108 Å². The number of esters is 3. The third kappa shape index (κ3) is 16.6. The van der Waals surface area contributed by atoms with Crippen molar-refractivity contribution in [2.75, 3.05) is 5.33 Å². The molecule has 0 radical (unpaired) electrons. The average Bonchev–Trinajstić information content (AvgIpc) is 2.58. The molecule has 0 heterocycles. The number of hydrogen-bond acceptors (Lipinski definition) is 7. The Morgan fingerprint density at radius 1 is 0.606 bits per heavy atom. The molecule has 0 aliphatic heterocycles. The van der Waals surface area contributed by atoms with Gasteiger partial charge in [0.2, 0.25) is 5.91 Å². The summed E-state index contributed by atoms with van der Waals surface area (Å²) < 4.78 is 16.2. The highest BCUT2D eigenvalue weighted by atomic mass is 79.9. The number of alkyl halides is 1. The van der Waals surface area contributed by atoms with E-state index < -0.39 is 40.2 Å². The fourth-order valence-corrected chi connectivity index (χ4v) is 3.23. The van der Waals surface area contributed by atoms with Crippen LogP contribution in [0.1, 0.15) is 101 Å². The molecule has 0 aromatic carbocycles. The van der Waals surface area contributed by atoms with Gasteiger partial charge >= 0.3 is 17.9 Å². The summed E-state index contributed by atoms with van der Waals surface area (Å²) >= 11 is 3.14. The van der Waals surface area contributed by atoms with Crippen LogP contribution in [0.25, 0.3) is 0 Å². The maximum absolute atomic E-state index is 12.4. The van der Waals surface area contributed by atoms with Crippen molar-refractivity contribution in [3.63, 3.8) is 0 Å². The van der Waals surface area contributed by atoms with Crippen molar-refractivity contribution in [3.8, 4) is 0 Å². The van der Waals surface area contributed by atoms with Gasteiger partial charge in [-0.15, -0.1) is 0 Å². The minimum absolute atomic E-state index is 0.0163. The van der Waals surface area contributed by atoms with Crippen molar-refractivity contribution in [2.45, 2.75) is 123 Å². The van der Waals surface area contributed by atoms with E-state index in [0.717, 1.165) is 0 Å². The quantitative estimate of drug-likeness (QED) is 0.234. The highest BCUT2D eigenvalue weighted by molar-refractivity contribution is 9.09. The monoisotopic (exact) mass is 535 g/mol. The number of ether oxygens (including phenoxy) is 3. The predicted octanol–water partition coefficient (Wildman–Crippen LogP) is 4.60. The van der Waals surface area contributed by atoms with Crippen molar-refractivity contribution < 1.29 is 33.4 Å². The van der Waals surface area contributed by atoms with Gasteiger partial charge in [-0.1, -0.05) is 15.9 Å². The molecule has 33 heavy (non-hydrogen) atoms. The third-order valence-electron chi connectivity index (χ3n) is 4.21. The molecule has 0 rings (SSSR count). The third-order valence-corrected chi connectivity index (χ3v) is 4.72. The van der Waals surface area contributed by atoms with E-state index in [1.54, 1.807) is 62.3 Å². The fraction of sp³-hybridized carbons (Fsp3) is 0.833. The zero-order valence-corrected chi connectivity index (χ0v) is 23.3. The van der Waals surface area contributed by atoms with Crippen LogP contribution in [0.2, 0.25) is 0 Å². The van der Waals surface area contributed by atoms with Crippen LogP contribution in [0.5, 0.6) is 0 Å². The maximum atomic E-state index is 12.4. The molecule has 0 aliphatic carbocycles. The molecule has 1 amide bonds. The second-order valence-electron chi connectivity index (χ2n) is 11.2. The van der Waals surface area contributed by atoms with Gasteiger partial charge in [0.1, 0.15) is 16.8 Å². The van der Waals surface area contributed by atoms with Crippen LogP contribution in [0.4, 0.5) is 0 Å². The second-order valence-corrected chi connectivity index (χ2v) is 11.8. The Labute approximate surface area is 207 Å². The molecule has 0 unspecified atom stereocenters. The van der Waals surface area contributed by atoms with Gasteiger partial charge in [-0.05, 0) is 81.6 Å². The van der Waals surface area contributed by atoms with Crippen LogP contribution in [0.3, 0.4) is 0 Å². The number of nitrogens with one attached hydrogen (secondary N) is 1. The molecule has 0 bridgehead atoms. The van der Waals surface area contributed by atoms with Gasteiger partial charge in [-0.2, -0.15) is 0 Å². The smallest absolute Gasteiger partial charge is 0.306 e. The normalized spacial score (nSPS) is 12.7. The van der Waals surface area contributed by atoms with Crippen molar-refractivity contribution >= 4 is 39.7 Å². The first-order valence-electron chi connectivity index (χ1n) is 11.3. The molecular formula is C24H42BrNO7. The molecule has 8 nitrogen and oxygen atoms in total. The van der Waals surface area contributed by atoms with Gasteiger partial charge in [0, 0.05) is 24.8 Å². The molecule has 0 saturated carbocycles. The summed E-state index contributed by atoms with van der Waals surface area (Å²) in [6.07, 6.45) is 0.651. The lowest BCUT2D eigenvalue weighted by molar-refractivity contribution is -0.155. The number of hydrogen-bond donors (Lipinski definition) is 1. The number of amides is 1. The summed E-state index contributed by atoms with van der Waals surface area (Å²) in [7, 11) is 0. The molecule has 0 fully saturated rings. The van der Waals surface area contributed by atoms with Gasteiger partial charge in [-0.25, -0.2) is 0 Å². The van der Waals surface area contributed by atoms with Crippen LogP contribution in [-0.4, -0.2) is 51.5 Å². The summed E-state index contributed by atoms with van der Waals surface area (Å²) in [5.74, 6) is -1.58. The SMILES string of the molecule is CC(C)(C)OC(=O)CCC(CCC(=O)OC(C)(C)C)(CCC(=O)OC(C)(C)C)NC(=O)CBr. The first-order chi connectivity index (χ1) is 14.8. The Hall–Kier alpha value is -1.64. The van der Waals surface area contributed by atoms with E-state index >= 15 is 0 Å². The van der Waals surface area contributed by atoms with Gasteiger partial charge in [0.25, 0.3) is 0 Å². The molecular weight excluding hydrogens is 494 g/mol. The van der Waals surface area contributed by atoms with E-state index in [0.29, 0.717) is 0 Å². The van der Waals surface area contributed by atoms with E-state index in [9.17, 15) is 19.2 Å². The summed E-state index contributed by atoms with van der Waals surface area (Å²) in [4.78, 5) is 49.5. The van der Waals surface area contributed by atoms with Crippen LogP contribution >= 0.6 is 15.9 Å². The Morgan fingerprint density at radius 2 is 0.879 bits per heavy atom. The van der Waals surface area contributed by atoms with Gasteiger partial charge < -0.3 is 19.5 Å². The lowest BCUT2D eigenvalue weighted by Crippen LogP contribution is -2.50. The van der Waals surface area contributed by atoms with Crippen molar-refractivity contribution in [3.05, 3.63) is 0 Å². The summed E-state index contributed by atoms with van der Waals surface area (Å²) in [6, 6.07) is 0. The minimum Gasteiger partial charge on any atom is -0.460 e. The van der Waals surface area contributed by atoms with Crippen molar-refractivity contribution in [1.29, 1.82) is 0 Å². The molecule has 0 aromatic rings. The summed E-state index contributed by atoms with van der Waals surface area (Å²) in [6.45, 7) is 16.0. The minimum atomic E-state index is -0.991. The number of carbonyl (C=O) groups excluding carboxylic acids is 4. The van der Waals surface area contributed by atoms with Crippen LogP contribution in [0, 0.1) is 0 Å². The fourth-order valence-electron chi connectivity index (χ4n) is 3.09. The van der Waals surface area contributed by atoms with Crippen LogP contribution in [0.15, 0.2) is 0 Å². The standard InChI is InChI=1S/C24H42BrNO7/c1-21(2,3)31-18(28)10-13-24(26-17(27)16-25,14-11-19(29)32-22(4,5)6)15-12-20(30)33-23(7,8)9/h10-16H2,1-9H3,(H,26,27). The van der Waals surface area contributed by atoms with E-state index in [4.69, 9.17) is 14.2 Å². The van der Waals surface area contributed by atoms with Gasteiger partial charge in [0.15, 0.2) is 0 Å². The lowest BCUT2D eigenvalue weighted by Gasteiger charge is -2.35. The van der Waals surface area contributed by atoms with Gasteiger partial charge in [-0.3, -0.25) is 19.2 Å². The first kappa shape index (κ1) is 31.4. The second kappa shape index (κ2) is 12.7. The molecule has 0 spiro atoms. The molecule has 9 heteroatoms. The zero-order valence-electron chi connectivity index (χ0n) is 21.7. The van der Waals surface area contributed by atoms with E-state index in [1.165, 1.54) is 0 Å². The number of carbonyl (C=O) groups is 4. The van der Waals surface area contributed by atoms with E-state index in [-0.39, 0.29) is 49.8 Å². The number of halogens is 1. The lowest BCUT2D eigenvalue weighted by atomic mass is 9.83. The molecule has 0 atom stereocenters. The highest BCUT2D eigenvalue weighted by Crippen LogP contribution is 2.28. The Balaban J connectivity index is 5.67. The maximum Gasteiger partial charge on any atom is 0.306 e. The van der Waals surface area contributed by atoms with Crippen LogP contribution in [-0.2, 0) is 33.4 Å². The Kier molecular flexibility index (Phi) is 12.1. The highest BCUT2D eigenvalue weighted by Gasteiger charge is 2.35. The first-order valence-corrected chi connectivity index (χ1v) is 12.4. The molecule has 0 aromatic heterocycles. The average molecular weight is 537 g/mol. The van der Waals surface area contributed by atoms with E-state index in [1.807, 2.05) is 0 Å². The molecule has 0 saturated heterocycles. The van der Waals surface area contributed by atoms with Crippen LogP contribution < -0.4 is 5.32 Å². The molecule has 192 valence electrons. The zero-order chi connectivity index (χ0) is 26.1. The largest absolute Gasteiger partial charge is 0.460 e. The molecule has 1 N–H and O–H groups in total. The molecule has 0 aliphatic rings. The van der Waals surface area contributed by atoms with Crippen molar-refractivity contribution in [1.82, 2.24) is 5.32 Å². The van der Waals surface area contributed by atoms with Crippen molar-refractivity contribution in [2.24, 2.45) is 0 Å². The number of rotatable bonds is 11. The Morgan fingerprint density at radius 3 is 1.09 bits per heavy atom. The summed E-state index contributed by atoms with van der Waals surface area (Å²) in [5, 5.41) is 2.97. The van der Waals surface area contributed by atoms with E-state index in [2.05, 4.69) is 21.2 Å². The summed E-state index contributed by atoms with van der Waals surface area (Å²) in [5.41, 5.74) is -2.93.